The molecule has 0 bridgehead atoms. The molecule has 102 valence electrons. The van der Waals surface area contributed by atoms with Crippen molar-refractivity contribution in [1.29, 1.82) is 5.26 Å². The molecule has 3 nitrogen and oxygen atoms in total. The van der Waals surface area contributed by atoms with Crippen LogP contribution in [0.5, 0.6) is 0 Å². The Morgan fingerprint density at radius 3 is 2.70 bits per heavy atom. The van der Waals surface area contributed by atoms with Gasteiger partial charge >= 0.3 is 0 Å². The van der Waals surface area contributed by atoms with Gasteiger partial charge in [-0.05, 0) is 24.3 Å². The van der Waals surface area contributed by atoms with Gasteiger partial charge in [0.1, 0.15) is 11.6 Å². The van der Waals surface area contributed by atoms with E-state index in [0.29, 0.717) is 11.3 Å². The van der Waals surface area contributed by atoms with Gasteiger partial charge in [0.2, 0.25) is 0 Å². The Labute approximate surface area is 115 Å². The minimum absolute atomic E-state index is 0.0235. The monoisotopic (exact) mass is 274 g/mol. The highest BCUT2D eigenvalue weighted by atomic mass is 19.1. The van der Waals surface area contributed by atoms with Crippen molar-refractivity contribution in [2.45, 2.75) is 6.10 Å². The van der Waals surface area contributed by atoms with Crippen molar-refractivity contribution in [1.82, 2.24) is 0 Å². The van der Waals surface area contributed by atoms with Crippen molar-refractivity contribution in [3.63, 3.8) is 0 Å². The maximum Gasteiger partial charge on any atom is 0.131 e. The van der Waals surface area contributed by atoms with Crippen LogP contribution < -0.4 is 5.32 Å². The SMILES string of the molecule is N#Cc1cccc(NCC(O)c2ccc(F)cc2F)c1. The lowest BCUT2D eigenvalue weighted by Crippen LogP contribution is -2.13. The summed E-state index contributed by atoms with van der Waals surface area (Å²) in [6.45, 7) is 0.0530. The van der Waals surface area contributed by atoms with Crippen LogP contribution in [0.15, 0.2) is 42.5 Å². The van der Waals surface area contributed by atoms with E-state index in [1.54, 1.807) is 24.3 Å². The fraction of sp³-hybridized carbons (Fsp3) is 0.133. The molecule has 0 saturated heterocycles. The van der Waals surface area contributed by atoms with E-state index in [2.05, 4.69) is 5.32 Å². The van der Waals surface area contributed by atoms with E-state index < -0.39 is 17.7 Å². The van der Waals surface area contributed by atoms with Crippen LogP contribution in [-0.4, -0.2) is 11.7 Å². The van der Waals surface area contributed by atoms with Crippen LogP contribution in [0.4, 0.5) is 14.5 Å². The van der Waals surface area contributed by atoms with Gasteiger partial charge in [0.05, 0.1) is 17.7 Å². The zero-order valence-corrected chi connectivity index (χ0v) is 10.5. The second kappa shape index (κ2) is 6.13. The first-order chi connectivity index (χ1) is 9.60. The molecule has 2 aromatic rings. The average Bonchev–Trinajstić information content (AvgIpc) is 2.45. The summed E-state index contributed by atoms with van der Waals surface area (Å²) < 4.78 is 26.3. The predicted molar refractivity (Wildman–Crippen MR) is 71.0 cm³/mol. The zero-order chi connectivity index (χ0) is 14.5. The highest BCUT2D eigenvalue weighted by Crippen LogP contribution is 2.19. The number of anilines is 1. The summed E-state index contributed by atoms with van der Waals surface area (Å²) in [5.74, 6) is -1.47. The minimum Gasteiger partial charge on any atom is -0.386 e. The van der Waals surface area contributed by atoms with Gasteiger partial charge in [-0.1, -0.05) is 12.1 Å². The lowest BCUT2D eigenvalue weighted by molar-refractivity contribution is 0.186. The van der Waals surface area contributed by atoms with Crippen molar-refractivity contribution in [3.8, 4) is 6.07 Å². The molecule has 0 aromatic heterocycles. The average molecular weight is 274 g/mol. The van der Waals surface area contributed by atoms with Gasteiger partial charge in [-0.25, -0.2) is 8.78 Å². The van der Waals surface area contributed by atoms with E-state index >= 15 is 0 Å². The molecule has 20 heavy (non-hydrogen) atoms. The van der Waals surface area contributed by atoms with Gasteiger partial charge < -0.3 is 10.4 Å². The molecule has 0 amide bonds. The van der Waals surface area contributed by atoms with Crippen LogP contribution in [0.2, 0.25) is 0 Å². The molecule has 0 aliphatic heterocycles. The molecule has 2 rings (SSSR count). The zero-order valence-electron chi connectivity index (χ0n) is 10.5. The van der Waals surface area contributed by atoms with Crippen LogP contribution in [0.1, 0.15) is 17.2 Å². The molecular formula is C15H12F2N2O. The molecule has 0 saturated carbocycles. The Balaban J connectivity index is 2.04. The van der Waals surface area contributed by atoms with E-state index in [1.807, 2.05) is 6.07 Å². The third-order valence-electron chi connectivity index (χ3n) is 2.81. The maximum absolute atomic E-state index is 13.5. The van der Waals surface area contributed by atoms with Crippen LogP contribution >= 0.6 is 0 Å². The second-order valence-corrected chi connectivity index (χ2v) is 4.26. The van der Waals surface area contributed by atoms with Crippen LogP contribution in [0.25, 0.3) is 0 Å². The van der Waals surface area contributed by atoms with E-state index in [4.69, 9.17) is 5.26 Å². The number of halogens is 2. The standard InChI is InChI=1S/C15H12F2N2O/c16-11-4-5-13(14(17)7-11)15(20)9-19-12-3-1-2-10(6-12)8-18/h1-7,15,19-20H,9H2. The fourth-order valence-corrected chi connectivity index (χ4v) is 1.79. The van der Waals surface area contributed by atoms with E-state index in [9.17, 15) is 13.9 Å². The third-order valence-corrected chi connectivity index (χ3v) is 2.81. The quantitative estimate of drug-likeness (QED) is 0.901. The molecule has 1 atom stereocenters. The molecule has 0 radical (unpaired) electrons. The van der Waals surface area contributed by atoms with Gasteiger partial charge in [0.15, 0.2) is 0 Å². The molecule has 2 aromatic carbocycles. The number of nitrogens with zero attached hydrogens (tertiary/aromatic N) is 1. The summed E-state index contributed by atoms with van der Waals surface area (Å²) in [5, 5.41) is 21.6. The van der Waals surface area contributed by atoms with Crippen molar-refractivity contribution in [2.24, 2.45) is 0 Å². The molecule has 2 N–H and O–H groups in total. The van der Waals surface area contributed by atoms with Gasteiger partial charge in [-0.3, -0.25) is 0 Å². The summed E-state index contributed by atoms with van der Waals surface area (Å²) in [6.07, 6.45) is -1.11. The number of benzene rings is 2. The number of nitriles is 1. The first-order valence-corrected chi connectivity index (χ1v) is 5.97. The third kappa shape index (κ3) is 3.31. The van der Waals surface area contributed by atoms with Crippen LogP contribution in [-0.2, 0) is 0 Å². The minimum atomic E-state index is -1.11. The predicted octanol–water partition coefficient (Wildman–Crippen LogP) is 2.98. The summed E-state index contributed by atoms with van der Waals surface area (Å²) in [4.78, 5) is 0. The van der Waals surface area contributed by atoms with Crippen molar-refractivity contribution in [2.75, 3.05) is 11.9 Å². The second-order valence-electron chi connectivity index (χ2n) is 4.26. The molecule has 0 aliphatic carbocycles. The van der Waals surface area contributed by atoms with Crippen molar-refractivity contribution < 1.29 is 13.9 Å². The van der Waals surface area contributed by atoms with Gasteiger partial charge in [0.25, 0.3) is 0 Å². The Kier molecular flexibility index (Phi) is 4.28. The number of nitrogens with one attached hydrogen (secondary N) is 1. The fourth-order valence-electron chi connectivity index (χ4n) is 1.79. The normalized spacial score (nSPS) is 11.7. The summed E-state index contributed by atoms with van der Waals surface area (Å²) in [6, 6.07) is 11.7. The van der Waals surface area contributed by atoms with E-state index in [1.165, 1.54) is 6.07 Å². The van der Waals surface area contributed by atoms with Crippen LogP contribution in [0, 0.1) is 23.0 Å². The molecule has 0 fully saturated rings. The largest absolute Gasteiger partial charge is 0.386 e. The molecule has 1 unspecified atom stereocenters. The highest BCUT2D eigenvalue weighted by molar-refractivity contribution is 5.49. The van der Waals surface area contributed by atoms with Crippen molar-refractivity contribution in [3.05, 3.63) is 65.2 Å². The Morgan fingerprint density at radius 1 is 1.20 bits per heavy atom. The lowest BCUT2D eigenvalue weighted by Gasteiger charge is -2.14. The Bertz CT molecular complexity index is 653. The van der Waals surface area contributed by atoms with Gasteiger partial charge in [-0.15, -0.1) is 0 Å². The Hall–Kier alpha value is -2.45. The summed E-state index contributed by atoms with van der Waals surface area (Å²) in [5.41, 5.74) is 1.15. The topological polar surface area (TPSA) is 56.0 Å². The number of aliphatic hydroxyl groups is 1. The lowest BCUT2D eigenvalue weighted by atomic mass is 10.1. The van der Waals surface area contributed by atoms with E-state index in [0.717, 1.165) is 12.1 Å². The molecule has 5 heteroatoms. The van der Waals surface area contributed by atoms with Crippen molar-refractivity contribution >= 4 is 5.69 Å². The first-order valence-electron chi connectivity index (χ1n) is 5.97. The summed E-state index contributed by atoms with van der Waals surface area (Å²) in [7, 11) is 0. The number of hydrogen-bond acceptors (Lipinski definition) is 3. The highest BCUT2D eigenvalue weighted by Gasteiger charge is 2.13. The number of hydrogen-bond donors (Lipinski definition) is 2. The first kappa shape index (κ1) is 14.0. The number of aliphatic hydroxyl groups excluding tert-OH is 1. The molecule has 0 heterocycles. The molecular weight excluding hydrogens is 262 g/mol. The number of rotatable bonds is 4. The summed E-state index contributed by atoms with van der Waals surface area (Å²) >= 11 is 0. The van der Waals surface area contributed by atoms with Gasteiger partial charge in [-0.2, -0.15) is 5.26 Å². The van der Waals surface area contributed by atoms with Crippen LogP contribution in [0.3, 0.4) is 0 Å². The Morgan fingerprint density at radius 2 is 2.00 bits per heavy atom. The van der Waals surface area contributed by atoms with E-state index in [-0.39, 0.29) is 12.1 Å². The van der Waals surface area contributed by atoms with Gasteiger partial charge in [0, 0.05) is 23.9 Å². The molecule has 0 aliphatic rings. The smallest absolute Gasteiger partial charge is 0.131 e. The maximum atomic E-state index is 13.5. The molecule has 0 spiro atoms.